The van der Waals surface area contributed by atoms with Crippen LogP contribution in [0.5, 0.6) is 0 Å². The van der Waals surface area contributed by atoms with E-state index in [1.54, 1.807) is 5.32 Å². The van der Waals surface area contributed by atoms with Crippen LogP contribution in [-0.4, -0.2) is 64.1 Å². The maximum atomic E-state index is 12.9. The number of piperazine rings is 1. The van der Waals surface area contributed by atoms with E-state index in [4.69, 9.17) is 0 Å². The molecule has 6 nitrogen and oxygen atoms in total. The standard InChI is InChI=1S/C14H17F4N3O3S/c15-11-1-3-12(4-2-11)25(23,24)21-7-5-20(6-8-21)9-13(22)19-10-14(16,17)18/h1-4H,5-10H2,(H,19,22)/p+1. The number of benzene rings is 1. The van der Waals surface area contributed by atoms with Crippen LogP contribution in [-0.2, 0) is 14.8 Å². The Labute approximate surface area is 142 Å². The minimum absolute atomic E-state index is 0.0275. The summed E-state index contributed by atoms with van der Waals surface area (Å²) >= 11 is 0. The summed E-state index contributed by atoms with van der Waals surface area (Å²) in [6.45, 7) is -0.701. The third-order valence-electron chi connectivity index (χ3n) is 3.78. The molecule has 2 rings (SSSR count). The summed E-state index contributed by atoms with van der Waals surface area (Å²) in [6, 6.07) is 4.46. The van der Waals surface area contributed by atoms with Gasteiger partial charge in [-0.25, -0.2) is 12.8 Å². The average Bonchev–Trinajstić information content (AvgIpc) is 2.53. The van der Waals surface area contributed by atoms with E-state index < -0.39 is 34.5 Å². The minimum Gasteiger partial charge on any atom is -0.342 e. The quantitative estimate of drug-likeness (QED) is 0.666. The number of rotatable bonds is 5. The zero-order chi connectivity index (χ0) is 18.7. The Hall–Kier alpha value is -1.72. The van der Waals surface area contributed by atoms with Crippen molar-refractivity contribution in [2.75, 3.05) is 39.3 Å². The van der Waals surface area contributed by atoms with E-state index in [0.717, 1.165) is 12.1 Å². The summed E-state index contributed by atoms with van der Waals surface area (Å²) in [5, 5.41) is 1.79. The van der Waals surface area contributed by atoms with Crippen LogP contribution in [0.2, 0.25) is 0 Å². The number of hydrogen-bond donors (Lipinski definition) is 2. The first-order valence-electron chi connectivity index (χ1n) is 7.51. The van der Waals surface area contributed by atoms with Gasteiger partial charge in [-0.05, 0) is 24.3 Å². The van der Waals surface area contributed by atoms with Gasteiger partial charge in [0.2, 0.25) is 10.0 Å². The number of amides is 1. The van der Waals surface area contributed by atoms with Crippen molar-refractivity contribution in [2.45, 2.75) is 11.1 Å². The highest BCUT2D eigenvalue weighted by atomic mass is 32.2. The van der Waals surface area contributed by atoms with E-state index >= 15 is 0 Å². The Morgan fingerprint density at radius 1 is 1.16 bits per heavy atom. The maximum Gasteiger partial charge on any atom is 0.405 e. The molecule has 0 saturated carbocycles. The first kappa shape index (κ1) is 19.6. The molecule has 2 N–H and O–H groups in total. The first-order valence-corrected chi connectivity index (χ1v) is 8.95. The zero-order valence-electron chi connectivity index (χ0n) is 13.1. The SMILES string of the molecule is O=C(C[NH+]1CCN(S(=O)(=O)c2ccc(F)cc2)CC1)NCC(F)(F)F. The van der Waals surface area contributed by atoms with Crippen LogP contribution in [0.25, 0.3) is 0 Å². The molecule has 1 amide bonds. The van der Waals surface area contributed by atoms with Crippen molar-refractivity contribution in [3.8, 4) is 0 Å². The minimum atomic E-state index is -4.47. The lowest BCUT2D eigenvalue weighted by Gasteiger charge is -2.31. The summed E-state index contributed by atoms with van der Waals surface area (Å²) < 4.78 is 75.1. The van der Waals surface area contributed by atoms with Crippen molar-refractivity contribution < 1.29 is 35.7 Å². The number of nitrogens with one attached hydrogen (secondary N) is 2. The largest absolute Gasteiger partial charge is 0.405 e. The Morgan fingerprint density at radius 3 is 2.24 bits per heavy atom. The lowest BCUT2D eigenvalue weighted by Crippen LogP contribution is -3.15. The normalized spacial score (nSPS) is 17.4. The van der Waals surface area contributed by atoms with Crippen LogP contribution in [0.4, 0.5) is 17.6 Å². The molecule has 0 bridgehead atoms. The molecule has 0 aromatic heterocycles. The van der Waals surface area contributed by atoms with Crippen molar-refractivity contribution in [3.05, 3.63) is 30.1 Å². The van der Waals surface area contributed by atoms with Gasteiger partial charge in [-0.15, -0.1) is 0 Å². The number of halogens is 4. The molecule has 25 heavy (non-hydrogen) atoms. The molecule has 11 heteroatoms. The average molecular weight is 384 g/mol. The van der Waals surface area contributed by atoms with E-state index in [1.807, 2.05) is 0 Å². The Bertz CT molecular complexity index is 699. The topological polar surface area (TPSA) is 70.9 Å². The van der Waals surface area contributed by atoms with E-state index in [1.165, 1.54) is 16.4 Å². The van der Waals surface area contributed by atoms with Crippen LogP contribution in [0.15, 0.2) is 29.2 Å². The molecule has 0 radical (unpaired) electrons. The highest BCUT2D eigenvalue weighted by molar-refractivity contribution is 7.89. The van der Waals surface area contributed by atoms with Gasteiger partial charge in [0.15, 0.2) is 6.54 Å². The van der Waals surface area contributed by atoms with Crippen molar-refractivity contribution in [1.29, 1.82) is 0 Å². The number of carbonyl (C=O) groups is 1. The lowest BCUT2D eigenvalue weighted by molar-refractivity contribution is -0.895. The number of hydrogen-bond acceptors (Lipinski definition) is 3. The zero-order valence-corrected chi connectivity index (χ0v) is 14.0. The molecule has 1 aliphatic heterocycles. The van der Waals surface area contributed by atoms with E-state index in [2.05, 4.69) is 0 Å². The predicted octanol–water partition coefficient (Wildman–Crippen LogP) is -0.607. The highest BCUT2D eigenvalue weighted by Crippen LogP contribution is 2.16. The number of nitrogens with zero attached hydrogens (tertiary/aromatic N) is 1. The van der Waals surface area contributed by atoms with Gasteiger partial charge in [0.1, 0.15) is 12.4 Å². The maximum absolute atomic E-state index is 12.9. The van der Waals surface area contributed by atoms with Crippen LogP contribution in [0.1, 0.15) is 0 Å². The van der Waals surface area contributed by atoms with Crippen LogP contribution < -0.4 is 10.2 Å². The molecule has 0 spiro atoms. The van der Waals surface area contributed by atoms with Crippen molar-refractivity contribution in [1.82, 2.24) is 9.62 Å². The van der Waals surface area contributed by atoms with Crippen molar-refractivity contribution in [3.63, 3.8) is 0 Å². The monoisotopic (exact) mass is 384 g/mol. The van der Waals surface area contributed by atoms with Gasteiger partial charge in [0, 0.05) is 0 Å². The first-order chi connectivity index (χ1) is 11.6. The molecule has 1 aromatic rings. The molecule has 1 fully saturated rings. The molecular formula is C14H18F4N3O3S+. The molecule has 1 aliphatic rings. The van der Waals surface area contributed by atoms with Gasteiger partial charge in [-0.3, -0.25) is 4.79 Å². The summed E-state index contributed by atoms with van der Waals surface area (Å²) in [5.74, 6) is -1.28. The molecule has 0 unspecified atom stereocenters. The molecule has 0 aliphatic carbocycles. The van der Waals surface area contributed by atoms with Gasteiger partial charge in [0.25, 0.3) is 5.91 Å². The molecule has 1 heterocycles. The number of quaternary nitrogens is 1. The summed E-state index contributed by atoms with van der Waals surface area (Å²) in [4.78, 5) is 12.2. The lowest BCUT2D eigenvalue weighted by atomic mass is 10.3. The van der Waals surface area contributed by atoms with Gasteiger partial charge >= 0.3 is 6.18 Å². The second-order valence-corrected chi connectivity index (χ2v) is 7.61. The van der Waals surface area contributed by atoms with E-state index in [9.17, 15) is 30.8 Å². The van der Waals surface area contributed by atoms with Gasteiger partial charge < -0.3 is 10.2 Å². The number of alkyl halides is 3. The third-order valence-corrected chi connectivity index (χ3v) is 5.69. The van der Waals surface area contributed by atoms with Gasteiger partial charge in [-0.2, -0.15) is 17.5 Å². The van der Waals surface area contributed by atoms with Crippen molar-refractivity contribution >= 4 is 15.9 Å². The Morgan fingerprint density at radius 2 is 1.72 bits per heavy atom. The summed E-state index contributed by atoms with van der Waals surface area (Å²) in [6.07, 6.45) is -4.47. The van der Waals surface area contributed by atoms with E-state index in [0.29, 0.717) is 18.0 Å². The smallest absolute Gasteiger partial charge is 0.342 e. The molecule has 1 aromatic carbocycles. The number of carbonyl (C=O) groups excluding carboxylic acids is 1. The second-order valence-electron chi connectivity index (χ2n) is 5.68. The predicted molar refractivity (Wildman–Crippen MR) is 79.8 cm³/mol. The highest BCUT2D eigenvalue weighted by Gasteiger charge is 2.32. The fourth-order valence-electron chi connectivity index (χ4n) is 2.46. The third kappa shape index (κ3) is 5.65. The molecule has 1 saturated heterocycles. The fraction of sp³-hybridized carbons (Fsp3) is 0.500. The number of sulfonamides is 1. The van der Waals surface area contributed by atoms with Gasteiger partial charge in [-0.1, -0.05) is 0 Å². The fourth-order valence-corrected chi connectivity index (χ4v) is 3.91. The van der Waals surface area contributed by atoms with Gasteiger partial charge in [0.05, 0.1) is 31.1 Å². The second kappa shape index (κ2) is 7.67. The van der Waals surface area contributed by atoms with E-state index in [-0.39, 0.29) is 24.5 Å². The molecular weight excluding hydrogens is 366 g/mol. The Kier molecular flexibility index (Phi) is 6.01. The molecule has 0 atom stereocenters. The Balaban J connectivity index is 1.87. The summed E-state index contributed by atoms with van der Waals surface area (Å²) in [5.41, 5.74) is 0. The van der Waals surface area contributed by atoms with Crippen molar-refractivity contribution in [2.24, 2.45) is 0 Å². The van der Waals surface area contributed by atoms with Crippen LogP contribution >= 0.6 is 0 Å². The van der Waals surface area contributed by atoms with Crippen LogP contribution in [0, 0.1) is 5.82 Å². The van der Waals surface area contributed by atoms with Crippen LogP contribution in [0.3, 0.4) is 0 Å². The summed E-state index contributed by atoms with van der Waals surface area (Å²) in [7, 11) is -3.76. The molecule has 140 valence electrons.